The van der Waals surface area contributed by atoms with Crippen molar-refractivity contribution < 1.29 is 42.6 Å². The van der Waals surface area contributed by atoms with Crippen molar-refractivity contribution in [1.82, 2.24) is 16.0 Å². The minimum Gasteiger partial charge on any atom is -0.478 e. The van der Waals surface area contributed by atoms with E-state index in [1.807, 2.05) is 71.9 Å². The Morgan fingerprint density at radius 2 is 1.33 bits per heavy atom. The van der Waals surface area contributed by atoms with Gasteiger partial charge in [0.15, 0.2) is 0 Å². The van der Waals surface area contributed by atoms with E-state index >= 15 is 0 Å². The summed E-state index contributed by atoms with van der Waals surface area (Å²) in [6.07, 6.45) is -3.54. The van der Waals surface area contributed by atoms with Crippen LogP contribution in [0.3, 0.4) is 0 Å². The summed E-state index contributed by atoms with van der Waals surface area (Å²) in [7, 11) is 0. The molecular formula is C27H40F3N3O6. The van der Waals surface area contributed by atoms with Gasteiger partial charge in [-0.25, -0.2) is 9.59 Å². The Kier molecular flexibility index (Phi) is 13.9. The van der Waals surface area contributed by atoms with E-state index in [0.29, 0.717) is 0 Å². The molecular weight excluding hydrogens is 519 g/mol. The van der Waals surface area contributed by atoms with Crippen molar-refractivity contribution in [3.63, 3.8) is 0 Å². The van der Waals surface area contributed by atoms with E-state index < -0.39 is 41.8 Å². The highest BCUT2D eigenvalue weighted by Gasteiger charge is 2.38. The molecule has 220 valence electrons. The van der Waals surface area contributed by atoms with E-state index in [4.69, 9.17) is 15.0 Å². The van der Waals surface area contributed by atoms with E-state index in [9.17, 15) is 27.6 Å². The predicted octanol–water partition coefficient (Wildman–Crippen LogP) is 3.85. The van der Waals surface area contributed by atoms with E-state index in [-0.39, 0.29) is 29.2 Å². The molecule has 2 amide bonds. The van der Waals surface area contributed by atoms with Crippen LogP contribution in [0.1, 0.15) is 61.0 Å². The average Bonchev–Trinajstić information content (AvgIpc) is 2.81. The lowest BCUT2D eigenvalue weighted by molar-refractivity contribution is -0.192. The molecule has 1 unspecified atom stereocenters. The highest BCUT2D eigenvalue weighted by Crippen LogP contribution is 2.20. The van der Waals surface area contributed by atoms with Gasteiger partial charge in [0, 0.05) is 11.1 Å². The number of aliphatic carboxylic acids is 2. The molecule has 39 heavy (non-hydrogen) atoms. The first-order chi connectivity index (χ1) is 17.7. The lowest BCUT2D eigenvalue weighted by Gasteiger charge is -2.32. The number of hydrogen-bond acceptors (Lipinski definition) is 5. The first kappa shape index (κ1) is 35.6. The van der Waals surface area contributed by atoms with Crippen LogP contribution in [0.15, 0.2) is 42.0 Å². The molecule has 0 aromatic heterocycles. The van der Waals surface area contributed by atoms with Crippen molar-refractivity contribution in [2.24, 2.45) is 11.8 Å². The molecule has 0 saturated carbocycles. The molecule has 0 aliphatic carbocycles. The minimum atomic E-state index is -5.08. The van der Waals surface area contributed by atoms with Gasteiger partial charge in [-0.3, -0.25) is 14.9 Å². The van der Waals surface area contributed by atoms with Crippen molar-refractivity contribution in [3.05, 3.63) is 47.5 Å². The molecule has 0 saturated heterocycles. The highest BCUT2D eigenvalue weighted by atomic mass is 19.4. The third-order valence-corrected chi connectivity index (χ3v) is 5.75. The molecule has 0 fully saturated rings. The van der Waals surface area contributed by atoms with E-state index in [0.717, 1.165) is 5.56 Å². The van der Waals surface area contributed by atoms with Gasteiger partial charge >= 0.3 is 18.1 Å². The number of amides is 2. The second-order valence-electron chi connectivity index (χ2n) is 10.3. The number of alkyl halides is 3. The first-order valence-electron chi connectivity index (χ1n) is 12.4. The molecule has 9 nitrogen and oxygen atoms in total. The van der Waals surface area contributed by atoms with Gasteiger partial charge in [0.2, 0.25) is 11.8 Å². The van der Waals surface area contributed by atoms with E-state index in [2.05, 4.69) is 16.0 Å². The van der Waals surface area contributed by atoms with Crippen LogP contribution >= 0.6 is 0 Å². The largest absolute Gasteiger partial charge is 0.490 e. The molecule has 0 aliphatic rings. The van der Waals surface area contributed by atoms with Crippen LogP contribution in [0, 0.1) is 11.8 Å². The molecule has 1 rings (SSSR count). The fourth-order valence-corrected chi connectivity index (χ4v) is 3.35. The van der Waals surface area contributed by atoms with Crippen molar-refractivity contribution in [3.8, 4) is 0 Å². The second-order valence-corrected chi connectivity index (χ2v) is 10.3. The molecule has 12 heteroatoms. The summed E-state index contributed by atoms with van der Waals surface area (Å²) in [5, 5.41) is 25.4. The van der Waals surface area contributed by atoms with E-state index in [1.54, 1.807) is 6.92 Å². The third kappa shape index (κ3) is 12.8. The zero-order chi connectivity index (χ0) is 30.7. The van der Waals surface area contributed by atoms with Crippen LogP contribution in [-0.2, 0) is 24.7 Å². The molecule has 0 aliphatic heterocycles. The number of halogens is 3. The number of carbonyl (C=O) groups excluding carboxylic acids is 2. The summed E-state index contributed by atoms with van der Waals surface area (Å²) in [5.41, 5.74) is 0.781. The van der Waals surface area contributed by atoms with Gasteiger partial charge in [-0.15, -0.1) is 0 Å². The third-order valence-electron chi connectivity index (χ3n) is 5.75. The lowest BCUT2D eigenvalue weighted by Crippen LogP contribution is -2.57. The van der Waals surface area contributed by atoms with Crippen molar-refractivity contribution in [2.75, 3.05) is 0 Å². The normalized spacial score (nSPS) is 14.5. The summed E-state index contributed by atoms with van der Waals surface area (Å²) in [5.74, 6) is -4.56. The Hall–Kier alpha value is -3.41. The molecule has 0 heterocycles. The summed E-state index contributed by atoms with van der Waals surface area (Å²) in [6, 6.07) is 8.12. The maximum Gasteiger partial charge on any atom is 0.490 e. The van der Waals surface area contributed by atoms with Crippen molar-refractivity contribution in [1.29, 1.82) is 0 Å². The number of nitrogens with one attached hydrogen (secondary N) is 3. The Morgan fingerprint density at radius 3 is 1.72 bits per heavy atom. The van der Waals surface area contributed by atoms with Crippen LogP contribution in [0.5, 0.6) is 0 Å². The van der Waals surface area contributed by atoms with Crippen LogP contribution < -0.4 is 16.0 Å². The lowest BCUT2D eigenvalue weighted by atomic mass is 9.93. The Morgan fingerprint density at radius 1 is 0.846 bits per heavy atom. The maximum atomic E-state index is 13.0. The van der Waals surface area contributed by atoms with Crippen LogP contribution in [0.2, 0.25) is 0 Å². The van der Waals surface area contributed by atoms with Gasteiger partial charge in [-0.1, -0.05) is 64.1 Å². The minimum absolute atomic E-state index is 0.0102. The van der Waals surface area contributed by atoms with Crippen molar-refractivity contribution in [2.45, 2.75) is 85.2 Å². The SMILES string of the molecule is C/C(=C\[C@H](NC(=O)[C@@H](NC(=O)C(C)NC(C)(C)c1ccccc1)C(C)C)C(C)C)C(=O)O.O=C(O)C(F)(F)F. The van der Waals surface area contributed by atoms with Gasteiger partial charge < -0.3 is 20.8 Å². The molecule has 1 aromatic carbocycles. The fourth-order valence-electron chi connectivity index (χ4n) is 3.35. The quantitative estimate of drug-likeness (QED) is 0.259. The molecule has 0 radical (unpaired) electrons. The molecule has 5 N–H and O–H groups in total. The molecule has 3 atom stereocenters. The van der Waals surface area contributed by atoms with Gasteiger partial charge in [-0.05, 0) is 45.1 Å². The summed E-state index contributed by atoms with van der Waals surface area (Å²) in [6.45, 7) is 14.8. The summed E-state index contributed by atoms with van der Waals surface area (Å²) < 4.78 is 31.7. The zero-order valence-electron chi connectivity index (χ0n) is 23.5. The molecule has 0 bridgehead atoms. The number of carbonyl (C=O) groups is 4. The maximum absolute atomic E-state index is 13.0. The van der Waals surface area contributed by atoms with E-state index in [1.165, 1.54) is 13.0 Å². The fraction of sp³-hybridized carbons (Fsp3) is 0.556. The van der Waals surface area contributed by atoms with Gasteiger partial charge in [0.05, 0.1) is 12.1 Å². The number of carboxylic acids is 2. The average molecular weight is 560 g/mol. The van der Waals surface area contributed by atoms with Crippen LogP contribution in [-0.4, -0.2) is 58.3 Å². The Bertz CT molecular complexity index is 1010. The molecule has 1 aromatic rings. The second kappa shape index (κ2) is 15.2. The summed E-state index contributed by atoms with van der Waals surface area (Å²) >= 11 is 0. The number of rotatable bonds is 11. The van der Waals surface area contributed by atoms with Gasteiger partial charge in [-0.2, -0.15) is 13.2 Å². The summed E-state index contributed by atoms with van der Waals surface area (Å²) in [4.78, 5) is 46.0. The Balaban J connectivity index is 0.00000181. The number of hydrogen-bond donors (Lipinski definition) is 5. The monoisotopic (exact) mass is 559 g/mol. The first-order valence-corrected chi connectivity index (χ1v) is 12.4. The van der Waals surface area contributed by atoms with Gasteiger partial charge in [0.25, 0.3) is 0 Å². The Labute approximate surface area is 227 Å². The van der Waals surface area contributed by atoms with Crippen LogP contribution in [0.25, 0.3) is 0 Å². The van der Waals surface area contributed by atoms with Crippen LogP contribution in [0.4, 0.5) is 13.2 Å². The number of benzene rings is 1. The van der Waals surface area contributed by atoms with Crippen molar-refractivity contribution >= 4 is 23.8 Å². The standard InChI is InChI=1S/C25H39N3O4.C2HF3O2/c1-15(2)20(14-17(5)24(31)32)26-23(30)21(16(3)4)27-22(29)18(6)28-25(7,8)19-12-10-9-11-13-19;3-2(4,5)1(6)7/h9-16,18,20-21,28H,1-8H3,(H,26,30)(H,27,29)(H,31,32);(H,6,7)/b17-14+;/t18?,20-,21-;/m0./s1. The predicted molar refractivity (Wildman–Crippen MR) is 141 cm³/mol. The molecule has 0 spiro atoms. The smallest absolute Gasteiger partial charge is 0.478 e. The topological polar surface area (TPSA) is 145 Å². The van der Waals surface area contributed by atoms with Gasteiger partial charge in [0.1, 0.15) is 6.04 Å². The number of carboxylic acid groups (broad SMARTS) is 2. The zero-order valence-corrected chi connectivity index (χ0v) is 23.5. The highest BCUT2D eigenvalue weighted by molar-refractivity contribution is 5.90.